The molecule has 6 heteroatoms. The monoisotopic (exact) mass is 352 g/mol. The summed E-state index contributed by atoms with van der Waals surface area (Å²) in [5.74, 6) is 0.503. The Hall–Kier alpha value is -0.585. The van der Waals surface area contributed by atoms with E-state index < -0.39 is 0 Å². The Bertz CT molecular complexity index is 485. The fourth-order valence-corrected chi connectivity index (χ4v) is 3.66. The van der Waals surface area contributed by atoms with Crippen LogP contribution in [0.4, 0.5) is 0 Å². The van der Waals surface area contributed by atoms with Crippen molar-refractivity contribution >= 4 is 13.0 Å². The average Bonchev–Trinajstić information content (AvgIpc) is 2.87. The molecule has 2 N–H and O–H groups in total. The van der Waals surface area contributed by atoms with Crippen LogP contribution in [-0.4, -0.2) is 42.9 Å². The second-order valence-corrected chi connectivity index (χ2v) is 10.1. The lowest BCUT2D eigenvalue weighted by atomic mass is 9.73. The summed E-state index contributed by atoms with van der Waals surface area (Å²) in [6, 6.07) is 0. The molecule has 2 heterocycles. The Morgan fingerprint density at radius 1 is 1.16 bits per heavy atom. The van der Waals surface area contributed by atoms with E-state index in [1.165, 1.54) is 0 Å². The average molecular weight is 352 g/mol. The maximum absolute atomic E-state index is 12.8. The van der Waals surface area contributed by atoms with Crippen molar-refractivity contribution in [1.82, 2.24) is 10.6 Å². The van der Waals surface area contributed by atoms with E-state index in [-0.39, 0.29) is 35.2 Å². The standard InChI is InChI=1S/C19H37BN2O3/c1-16(2,3)22-15(23)19(8)13-21-12-14(19)10-9-11-20-24-17(4,5)18(6,7)25-20/h14,21H,9-13H2,1-8H3,(H,22,23)/t14-,19+/m0/s1. The Kier molecular flexibility index (Phi) is 5.69. The van der Waals surface area contributed by atoms with Crippen LogP contribution in [0.5, 0.6) is 0 Å². The topological polar surface area (TPSA) is 59.6 Å². The third kappa shape index (κ3) is 4.58. The molecule has 1 amide bonds. The SMILES string of the molecule is CC(C)(C)NC(=O)[C@]1(C)CNC[C@@H]1CCCB1OC(C)(C)C(C)(C)O1. The first-order valence-corrected chi connectivity index (χ1v) is 9.66. The van der Waals surface area contributed by atoms with E-state index in [2.05, 4.69) is 45.3 Å². The van der Waals surface area contributed by atoms with Gasteiger partial charge >= 0.3 is 7.12 Å². The molecule has 0 aliphatic carbocycles. The number of hydrogen-bond acceptors (Lipinski definition) is 4. The zero-order valence-electron chi connectivity index (χ0n) is 17.4. The Morgan fingerprint density at radius 2 is 1.72 bits per heavy atom. The molecule has 0 aromatic rings. The molecular weight excluding hydrogens is 315 g/mol. The van der Waals surface area contributed by atoms with Crippen LogP contribution >= 0.6 is 0 Å². The highest BCUT2D eigenvalue weighted by Gasteiger charge is 2.51. The lowest BCUT2D eigenvalue weighted by Crippen LogP contribution is -2.51. The summed E-state index contributed by atoms with van der Waals surface area (Å²) in [6.45, 7) is 18.2. The highest BCUT2D eigenvalue weighted by molar-refractivity contribution is 6.45. The van der Waals surface area contributed by atoms with Gasteiger partial charge in [-0.1, -0.05) is 6.42 Å². The minimum Gasteiger partial charge on any atom is -0.403 e. The predicted molar refractivity (Wildman–Crippen MR) is 102 cm³/mol. The van der Waals surface area contributed by atoms with Crippen LogP contribution in [0.15, 0.2) is 0 Å². The largest absolute Gasteiger partial charge is 0.457 e. The molecule has 0 saturated carbocycles. The van der Waals surface area contributed by atoms with Gasteiger partial charge in [-0.2, -0.15) is 0 Å². The highest BCUT2D eigenvalue weighted by atomic mass is 16.7. The van der Waals surface area contributed by atoms with Crippen LogP contribution < -0.4 is 10.6 Å². The molecule has 2 saturated heterocycles. The van der Waals surface area contributed by atoms with Crippen LogP contribution in [0.25, 0.3) is 0 Å². The summed E-state index contributed by atoms with van der Waals surface area (Å²) in [7, 11) is -0.144. The lowest BCUT2D eigenvalue weighted by molar-refractivity contribution is -0.132. The van der Waals surface area contributed by atoms with Crippen LogP contribution in [0.2, 0.25) is 6.32 Å². The first kappa shape index (κ1) is 20.7. The van der Waals surface area contributed by atoms with Crippen LogP contribution in [-0.2, 0) is 14.1 Å². The van der Waals surface area contributed by atoms with Gasteiger partial charge in [-0.05, 0) is 80.6 Å². The summed E-state index contributed by atoms with van der Waals surface area (Å²) >= 11 is 0. The number of carbonyl (C=O) groups excluding carboxylic acids is 1. The fraction of sp³-hybridized carbons (Fsp3) is 0.947. The Labute approximate surface area is 154 Å². The van der Waals surface area contributed by atoms with Gasteiger partial charge in [0.25, 0.3) is 0 Å². The Balaban J connectivity index is 1.87. The molecule has 0 unspecified atom stereocenters. The third-order valence-electron chi connectivity index (χ3n) is 6.09. The van der Waals surface area contributed by atoms with Gasteiger partial charge < -0.3 is 19.9 Å². The normalized spacial score (nSPS) is 31.4. The van der Waals surface area contributed by atoms with Gasteiger partial charge in [0, 0.05) is 12.1 Å². The van der Waals surface area contributed by atoms with Crippen LogP contribution in [0.1, 0.15) is 68.2 Å². The number of nitrogens with one attached hydrogen (secondary N) is 2. The van der Waals surface area contributed by atoms with Gasteiger partial charge in [-0.3, -0.25) is 4.79 Å². The van der Waals surface area contributed by atoms with Crippen molar-refractivity contribution in [2.24, 2.45) is 11.3 Å². The van der Waals surface area contributed by atoms with E-state index in [1.54, 1.807) is 0 Å². The van der Waals surface area contributed by atoms with E-state index in [4.69, 9.17) is 9.31 Å². The van der Waals surface area contributed by atoms with Crippen molar-refractivity contribution in [3.05, 3.63) is 0 Å². The molecular formula is C19H37BN2O3. The zero-order chi connectivity index (χ0) is 19.1. The second kappa shape index (κ2) is 6.86. The van der Waals surface area contributed by atoms with Gasteiger partial charge in [0.1, 0.15) is 0 Å². The maximum Gasteiger partial charge on any atom is 0.457 e. The minimum absolute atomic E-state index is 0.144. The molecule has 25 heavy (non-hydrogen) atoms. The summed E-state index contributed by atoms with van der Waals surface area (Å²) in [4.78, 5) is 12.8. The fourth-order valence-electron chi connectivity index (χ4n) is 3.66. The molecule has 0 radical (unpaired) electrons. The quantitative estimate of drug-likeness (QED) is 0.747. The van der Waals surface area contributed by atoms with E-state index in [0.717, 1.165) is 32.3 Å². The van der Waals surface area contributed by atoms with E-state index >= 15 is 0 Å². The number of carbonyl (C=O) groups is 1. The minimum atomic E-state index is -0.344. The first-order chi connectivity index (χ1) is 11.3. The van der Waals surface area contributed by atoms with Crippen molar-refractivity contribution in [2.45, 2.75) is 91.3 Å². The Morgan fingerprint density at radius 3 is 2.24 bits per heavy atom. The molecule has 2 atom stereocenters. The molecule has 2 rings (SSSR count). The summed E-state index contributed by atoms with van der Waals surface area (Å²) < 4.78 is 12.2. The van der Waals surface area contributed by atoms with Crippen molar-refractivity contribution in [1.29, 1.82) is 0 Å². The van der Waals surface area contributed by atoms with E-state index in [0.29, 0.717) is 5.92 Å². The zero-order valence-corrected chi connectivity index (χ0v) is 17.4. The highest BCUT2D eigenvalue weighted by Crippen LogP contribution is 2.39. The van der Waals surface area contributed by atoms with E-state index in [9.17, 15) is 4.79 Å². The van der Waals surface area contributed by atoms with E-state index in [1.807, 2.05) is 20.8 Å². The van der Waals surface area contributed by atoms with Gasteiger partial charge in [-0.15, -0.1) is 0 Å². The molecule has 144 valence electrons. The maximum atomic E-state index is 12.8. The molecule has 0 aromatic carbocycles. The molecule has 0 aromatic heterocycles. The van der Waals surface area contributed by atoms with Gasteiger partial charge in [0.05, 0.1) is 16.6 Å². The van der Waals surface area contributed by atoms with Crippen molar-refractivity contribution in [3.8, 4) is 0 Å². The molecule has 0 bridgehead atoms. The number of rotatable bonds is 5. The van der Waals surface area contributed by atoms with Crippen LogP contribution in [0.3, 0.4) is 0 Å². The van der Waals surface area contributed by atoms with Crippen molar-refractivity contribution in [2.75, 3.05) is 13.1 Å². The molecule has 0 spiro atoms. The van der Waals surface area contributed by atoms with Crippen LogP contribution in [0, 0.1) is 11.3 Å². The first-order valence-electron chi connectivity index (χ1n) is 9.66. The van der Waals surface area contributed by atoms with Gasteiger partial charge in [-0.25, -0.2) is 0 Å². The summed E-state index contributed by atoms with van der Waals surface area (Å²) in [6.07, 6.45) is 2.88. The third-order valence-corrected chi connectivity index (χ3v) is 6.09. The molecule has 5 nitrogen and oxygen atoms in total. The molecule has 2 fully saturated rings. The predicted octanol–water partition coefficient (Wildman–Crippen LogP) is 3.00. The van der Waals surface area contributed by atoms with Crippen molar-refractivity contribution in [3.63, 3.8) is 0 Å². The number of amides is 1. The summed E-state index contributed by atoms with van der Waals surface area (Å²) in [5.41, 5.74) is -1.08. The van der Waals surface area contributed by atoms with Crippen molar-refractivity contribution < 1.29 is 14.1 Å². The van der Waals surface area contributed by atoms with Gasteiger partial charge in [0.15, 0.2) is 0 Å². The molecule has 2 aliphatic heterocycles. The summed E-state index contributed by atoms with van der Waals surface area (Å²) in [5, 5.41) is 6.57. The lowest BCUT2D eigenvalue weighted by Gasteiger charge is -2.33. The molecule has 2 aliphatic rings. The number of hydrogen-bond donors (Lipinski definition) is 2. The smallest absolute Gasteiger partial charge is 0.403 e. The second-order valence-electron chi connectivity index (χ2n) is 10.1. The van der Waals surface area contributed by atoms with Gasteiger partial charge in [0.2, 0.25) is 5.91 Å².